The highest BCUT2D eigenvalue weighted by Gasteiger charge is 2.51. The minimum Gasteiger partial charge on any atom is -0.383 e. The smallest absolute Gasteiger partial charge is 0.127 e. The average Bonchev–Trinajstić information content (AvgIpc) is 3.26. The van der Waals surface area contributed by atoms with Crippen LogP contribution in [0, 0.1) is 5.92 Å². The van der Waals surface area contributed by atoms with Crippen molar-refractivity contribution in [2.45, 2.75) is 18.4 Å². The maximum absolute atomic E-state index is 6.20. The van der Waals surface area contributed by atoms with E-state index in [1.54, 1.807) is 0 Å². The Morgan fingerprint density at radius 1 is 1.10 bits per heavy atom. The standard InChI is InChI=1S/C17H15BrN2/c18-13-5-3-4-12(10-13)17(11-8-9-11)15-7-2-1-6-14(15)16(19)20-17/h1-7,10-11H,8-9H2,(H2,19,20). The molecular weight excluding hydrogens is 312 g/mol. The molecule has 0 radical (unpaired) electrons. The quantitative estimate of drug-likeness (QED) is 0.895. The highest BCUT2D eigenvalue weighted by atomic mass is 79.9. The van der Waals surface area contributed by atoms with Gasteiger partial charge in [0.25, 0.3) is 0 Å². The largest absolute Gasteiger partial charge is 0.383 e. The molecule has 1 atom stereocenters. The van der Waals surface area contributed by atoms with Crippen molar-refractivity contribution in [1.29, 1.82) is 0 Å². The lowest BCUT2D eigenvalue weighted by Gasteiger charge is -2.28. The number of aliphatic imine (C=N–C) groups is 1. The number of nitrogens with zero attached hydrogens (tertiary/aromatic N) is 1. The molecule has 0 spiro atoms. The number of halogens is 1. The van der Waals surface area contributed by atoms with E-state index in [-0.39, 0.29) is 5.54 Å². The van der Waals surface area contributed by atoms with E-state index in [1.807, 2.05) is 6.07 Å². The Balaban J connectivity index is 2.00. The van der Waals surface area contributed by atoms with Crippen LogP contribution in [0.3, 0.4) is 0 Å². The van der Waals surface area contributed by atoms with E-state index in [4.69, 9.17) is 10.7 Å². The van der Waals surface area contributed by atoms with Crippen LogP contribution >= 0.6 is 15.9 Å². The first-order valence-electron chi connectivity index (χ1n) is 6.93. The van der Waals surface area contributed by atoms with Crippen LogP contribution in [0.5, 0.6) is 0 Å². The summed E-state index contributed by atoms with van der Waals surface area (Å²) in [6.07, 6.45) is 2.44. The lowest BCUT2D eigenvalue weighted by molar-refractivity contribution is 0.480. The van der Waals surface area contributed by atoms with Crippen molar-refractivity contribution < 1.29 is 0 Å². The molecule has 100 valence electrons. The highest BCUT2D eigenvalue weighted by Crippen LogP contribution is 2.55. The Bertz CT molecular complexity index is 718. The molecule has 0 aromatic heterocycles. The van der Waals surface area contributed by atoms with Crippen molar-refractivity contribution in [3.8, 4) is 0 Å². The molecule has 2 N–H and O–H groups in total. The van der Waals surface area contributed by atoms with Gasteiger partial charge in [0.2, 0.25) is 0 Å². The number of hydrogen-bond donors (Lipinski definition) is 1. The molecule has 1 unspecified atom stereocenters. The summed E-state index contributed by atoms with van der Waals surface area (Å²) in [7, 11) is 0. The van der Waals surface area contributed by atoms with Crippen LogP contribution < -0.4 is 5.73 Å². The zero-order valence-electron chi connectivity index (χ0n) is 11.0. The molecular formula is C17H15BrN2. The van der Waals surface area contributed by atoms with Crippen molar-refractivity contribution in [2.75, 3.05) is 0 Å². The van der Waals surface area contributed by atoms with Gasteiger partial charge in [-0.3, -0.25) is 4.99 Å². The molecule has 1 aliphatic heterocycles. The minimum absolute atomic E-state index is 0.273. The van der Waals surface area contributed by atoms with Crippen molar-refractivity contribution >= 4 is 21.8 Å². The van der Waals surface area contributed by atoms with Crippen LogP contribution in [0.15, 0.2) is 58.0 Å². The van der Waals surface area contributed by atoms with Crippen molar-refractivity contribution in [1.82, 2.24) is 0 Å². The Kier molecular flexibility index (Phi) is 2.55. The summed E-state index contributed by atoms with van der Waals surface area (Å²) in [6, 6.07) is 16.9. The van der Waals surface area contributed by atoms with Gasteiger partial charge in [-0.2, -0.15) is 0 Å². The van der Waals surface area contributed by atoms with E-state index in [1.165, 1.54) is 24.0 Å². The molecule has 2 aromatic rings. The second kappa shape index (κ2) is 4.19. The summed E-state index contributed by atoms with van der Waals surface area (Å²) in [5.41, 5.74) is 9.52. The molecule has 2 nitrogen and oxygen atoms in total. The first kappa shape index (κ1) is 12.2. The molecule has 2 aromatic carbocycles. The van der Waals surface area contributed by atoms with E-state index in [0.717, 1.165) is 10.0 Å². The SMILES string of the molecule is NC1=NC(c2cccc(Br)c2)(C2CC2)c2ccccc21. The fourth-order valence-electron chi connectivity index (χ4n) is 3.34. The minimum atomic E-state index is -0.273. The number of rotatable bonds is 2. The van der Waals surface area contributed by atoms with Crippen molar-refractivity contribution in [2.24, 2.45) is 16.6 Å². The first-order chi connectivity index (χ1) is 9.72. The van der Waals surface area contributed by atoms with Gasteiger partial charge < -0.3 is 5.73 Å². The molecule has 1 saturated carbocycles. The second-order valence-corrected chi connectivity index (χ2v) is 6.51. The predicted molar refractivity (Wildman–Crippen MR) is 84.8 cm³/mol. The summed E-state index contributed by atoms with van der Waals surface area (Å²) in [5, 5.41) is 0. The average molecular weight is 327 g/mol. The van der Waals surface area contributed by atoms with E-state index >= 15 is 0 Å². The molecule has 1 aliphatic carbocycles. The predicted octanol–water partition coefficient (Wildman–Crippen LogP) is 3.82. The number of nitrogens with two attached hydrogens (primary N) is 1. The zero-order valence-corrected chi connectivity index (χ0v) is 12.6. The lowest BCUT2D eigenvalue weighted by atomic mass is 9.79. The monoisotopic (exact) mass is 326 g/mol. The fraction of sp³-hybridized carbons (Fsp3) is 0.235. The van der Waals surface area contributed by atoms with Crippen molar-refractivity contribution in [3.63, 3.8) is 0 Å². The number of benzene rings is 2. The second-order valence-electron chi connectivity index (χ2n) is 5.59. The molecule has 1 heterocycles. The van der Waals surface area contributed by atoms with E-state index in [0.29, 0.717) is 11.8 Å². The summed E-state index contributed by atoms with van der Waals surface area (Å²) < 4.78 is 1.09. The maximum atomic E-state index is 6.20. The third-order valence-electron chi connectivity index (χ3n) is 4.34. The number of amidine groups is 1. The highest BCUT2D eigenvalue weighted by molar-refractivity contribution is 9.10. The topological polar surface area (TPSA) is 38.4 Å². The summed E-state index contributed by atoms with van der Waals surface area (Å²) in [6.45, 7) is 0. The summed E-state index contributed by atoms with van der Waals surface area (Å²) >= 11 is 3.58. The Labute approximate surface area is 126 Å². The molecule has 3 heteroatoms. The summed E-state index contributed by atoms with van der Waals surface area (Å²) in [5.74, 6) is 1.24. The Hall–Kier alpha value is -1.61. The van der Waals surface area contributed by atoms with Gasteiger partial charge >= 0.3 is 0 Å². The van der Waals surface area contributed by atoms with Crippen LogP contribution in [0.4, 0.5) is 0 Å². The van der Waals surface area contributed by atoms with Gasteiger partial charge in [-0.15, -0.1) is 0 Å². The van der Waals surface area contributed by atoms with Crippen LogP contribution in [-0.2, 0) is 5.54 Å². The Morgan fingerprint density at radius 3 is 2.65 bits per heavy atom. The van der Waals surface area contributed by atoms with Gasteiger partial charge in [-0.05, 0) is 42.0 Å². The third-order valence-corrected chi connectivity index (χ3v) is 4.84. The van der Waals surface area contributed by atoms with E-state index in [9.17, 15) is 0 Å². The van der Waals surface area contributed by atoms with Crippen LogP contribution in [-0.4, -0.2) is 5.84 Å². The summed E-state index contributed by atoms with van der Waals surface area (Å²) in [4.78, 5) is 4.93. The first-order valence-corrected chi connectivity index (χ1v) is 7.72. The Morgan fingerprint density at radius 2 is 1.90 bits per heavy atom. The molecule has 0 bridgehead atoms. The van der Waals surface area contributed by atoms with E-state index in [2.05, 4.69) is 58.4 Å². The maximum Gasteiger partial charge on any atom is 0.127 e. The molecule has 1 fully saturated rings. The normalized spacial score (nSPS) is 24.4. The van der Waals surface area contributed by atoms with Gasteiger partial charge in [0, 0.05) is 10.0 Å². The number of fused-ring (bicyclic) bond motifs is 1. The lowest BCUT2D eigenvalue weighted by Crippen LogP contribution is -2.26. The molecule has 20 heavy (non-hydrogen) atoms. The van der Waals surface area contributed by atoms with Gasteiger partial charge in [-0.25, -0.2) is 0 Å². The van der Waals surface area contributed by atoms with Gasteiger partial charge in [0.1, 0.15) is 11.4 Å². The van der Waals surface area contributed by atoms with Gasteiger partial charge in [0.05, 0.1) is 0 Å². The van der Waals surface area contributed by atoms with E-state index < -0.39 is 0 Å². The molecule has 0 saturated heterocycles. The number of hydrogen-bond acceptors (Lipinski definition) is 2. The molecule has 2 aliphatic rings. The fourth-order valence-corrected chi connectivity index (χ4v) is 3.74. The zero-order chi connectivity index (χ0) is 13.7. The van der Waals surface area contributed by atoms with Gasteiger partial charge in [0.15, 0.2) is 0 Å². The molecule has 0 amide bonds. The third kappa shape index (κ3) is 1.59. The molecule has 4 rings (SSSR count). The van der Waals surface area contributed by atoms with Crippen molar-refractivity contribution in [3.05, 3.63) is 69.7 Å². The van der Waals surface area contributed by atoms with Crippen LogP contribution in [0.25, 0.3) is 0 Å². The van der Waals surface area contributed by atoms with Crippen LogP contribution in [0.1, 0.15) is 29.5 Å². The van der Waals surface area contributed by atoms with Crippen LogP contribution in [0.2, 0.25) is 0 Å². The van der Waals surface area contributed by atoms with Gasteiger partial charge in [-0.1, -0.05) is 52.3 Å².